The molecule has 1 N–H and O–H groups in total. The Kier molecular flexibility index (Phi) is 7.02. The van der Waals surface area contributed by atoms with E-state index in [4.69, 9.17) is 11.6 Å². The van der Waals surface area contributed by atoms with Gasteiger partial charge in [0.15, 0.2) is 5.78 Å². The number of allylic oxidation sites excluding steroid dienone is 1. The van der Waals surface area contributed by atoms with E-state index >= 15 is 0 Å². The summed E-state index contributed by atoms with van der Waals surface area (Å²) in [7, 11) is 0. The molecule has 1 heterocycles. The second-order valence-electron chi connectivity index (χ2n) is 8.45. The minimum absolute atomic E-state index is 0.0373. The van der Waals surface area contributed by atoms with Crippen LogP contribution in [0, 0.1) is 0 Å². The second-order valence-corrected chi connectivity index (χ2v) is 8.89. The van der Waals surface area contributed by atoms with Crippen molar-refractivity contribution in [3.63, 3.8) is 0 Å². The molecule has 2 unspecified atom stereocenters. The summed E-state index contributed by atoms with van der Waals surface area (Å²) in [6, 6.07) is 21.5. The minimum atomic E-state index is -0.123. The van der Waals surface area contributed by atoms with Gasteiger partial charge in [-0.15, -0.1) is 5.73 Å². The highest BCUT2D eigenvalue weighted by molar-refractivity contribution is 6.30. The Morgan fingerprint density at radius 1 is 1.09 bits per heavy atom. The topological polar surface area (TPSA) is 49.4 Å². The van der Waals surface area contributed by atoms with Crippen LogP contribution in [0.1, 0.15) is 48.7 Å². The van der Waals surface area contributed by atoms with E-state index in [1.165, 1.54) is 6.08 Å². The minimum Gasteiger partial charge on any atom is -0.378 e. The van der Waals surface area contributed by atoms with Gasteiger partial charge in [0, 0.05) is 41.0 Å². The van der Waals surface area contributed by atoms with E-state index in [1.807, 2.05) is 65.6 Å². The zero-order valence-electron chi connectivity index (χ0n) is 19.3. The van der Waals surface area contributed by atoms with Crippen LogP contribution in [0.5, 0.6) is 0 Å². The highest BCUT2D eigenvalue weighted by atomic mass is 35.5. The van der Waals surface area contributed by atoms with Crippen LogP contribution in [-0.4, -0.2) is 17.7 Å². The number of rotatable bonds is 6. The molecule has 4 nitrogen and oxygen atoms in total. The molecule has 4 rings (SSSR count). The average Bonchev–Trinajstić information content (AvgIpc) is 2.85. The van der Waals surface area contributed by atoms with Crippen LogP contribution < -0.4 is 10.2 Å². The molecule has 1 aliphatic rings. The molecule has 5 heteroatoms. The molecule has 1 amide bonds. The molecular weight excluding hydrogens is 444 g/mol. The molecule has 1 aliphatic heterocycles. The number of halogens is 1. The van der Waals surface area contributed by atoms with Gasteiger partial charge in [0.2, 0.25) is 5.91 Å². The van der Waals surface area contributed by atoms with Crippen molar-refractivity contribution in [1.29, 1.82) is 0 Å². The molecular formula is C29H27ClN2O2. The lowest BCUT2D eigenvalue weighted by Gasteiger charge is -2.41. The van der Waals surface area contributed by atoms with E-state index in [1.54, 1.807) is 6.92 Å². The number of nitrogens with one attached hydrogen (secondary N) is 1. The van der Waals surface area contributed by atoms with Gasteiger partial charge in [-0.2, -0.15) is 0 Å². The smallest absolute Gasteiger partial charge is 0.224 e. The monoisotopic (exact) mass is 470 g/mol. The zero-order valence-corrected chi connectivity index (χ0v) is 20.1. The first kappa shape index (κ1) is 23.6. The zero-order chi connectivity index (χ0) is 24.2. The SMILES string of the molecule is C=C=CC(=O)c1ccc(-c2ccc3c(c2)C(Nc2ccc(Cl)cc2)CC(CC)N3C(C)=O)cc1. The van der Waals surface area contributed by atoms with Crippen molar-refractivity contribution in [2.45, 2.75) is 38.8 Å². The van der Waals surface area contributed by atoms with Crippen LogP contribution in [0.2, 0.25) is 5.02 Å². The molecule has 0 saturated carbocycles. The number of hydrogen-bond acceptors (Lipinski definition) is 3. The molecule has 2 atom stereocenters. The number of fused-ring (bicyclic) bond motifs is 1. The predicted octanol–water partition coefficient (Wildman–Crippen LogP) is 7.22. The lowest BCUT2D eigenvalue weighted by Crippen LogP contribution is -2.44. The molecule has 0 saturated heterocycles. The van der Waals surface area contributed by atoms with Gasteiger partial charge in [-0.1, -0.05) is 55.4 Å². The largest absolute Gasteiger partial charge is 0.378 e. The van der Waals surface area contributed by atoms with Crippen molar-refractivity contribution in [3.8, 4) is 11.1 Å². The van der Waals surface area contributed by atoms with Crippen molar-refractivity contribution in [2.24, 2.45) is 0 Å². The van der Waals surface area contributed by atoms with Crippen LogP contribution in [0.3, 0.4) is 0 Å². The fraction of sp³-hybridized carbons (Fsp3) is 0.207. The van der Waals surface area contributed by atoms with Crippen LogP contribution >= 0.6 is 11.6 Å². The number of nitrogens with zero attached hydrogens (tertiary/aromatic N) is 1. The van der Waals surface area contributed by atoms with E-state index in [0.717, 1.165) is 40.9 Å². The summed E-state index contributed by atoms with van der Waals surface area (Å²) in [5.74, 6) is -0.0779. The molecule has 0 fully saturated rings. The fourth-order valence-electron chi connectivity index (χ4n) is 4.60. The van der Waals surface area contributed by atoms with Gasteiger partial charge >= 0.3 is 0 Å². The van der Waals surface area contributed by atoms with Crippen LogP contribution in [0.4, 0.5) is 11.4 Å². The van der Waals surface area contributed by atoms with Crippen LogP contribution in [-0.2, 0) is 4.79 Å². The summed E-state index contributed by atoms with van der Waals surface area (Å²) in [6.45, 7) is 7.20. The molecule has 172 valence electrons. The van der Waals surface area contributed by atoms with Crippen molar-refractivity contribution in [2.75, 3.05) is 10.2 Å². The third kappa shape index (κ3) is 4.84. The lowest BCUT2D eigenvalue weighted by molar-refractivity contribution is -0.117. The standard InChI is InChI=1S/C29H27ClN2O2/c1-4-6-29(34)21-9-7-20(8-10-21)22-11-16-28-26(17-22)27(18-25(5-2)32(28)19(3)33)31-24-14-12-23(30)13-15-24/h6-17,25,27,31H,1,5,18H2,2-3H3. The third-order valence-corrected chi connectivity index (χ3v) is 6.52. The maximum absolute atomic E-state index is 12.6. The Hall–Kier alpha value is -3.59. The molecule has 3 aromatic carbocycles. The van der Waals surface area contributed by atoms with E-state index < -0.39 is 0 Å². The maximum Gasteiger partial charge on any atom is 0.224 e. The number of ketones is 1. The van der Waals surface area contributed by atoms with E-state index in [0.29, 0.717) is 10.6 Å². The van der Waals surface area contributed by atoms with Crippen molar-refractivity contribution < 1.29 is 9.59 Å². The summed E-state index contributed by atoms with van der Waals surface area (Å²) in [4.78, 5) is 26.6. The van der Waals surface area contributed by atoms with Crippen LogP contribution in [0.25, 0.3) is 11.1 Å². The third-order valence-electron chi connectivity index (χ3n) is 6.27. The van der Waals surface area contributed by atoms with Gasteiger partial charge in [-0.25, -0.2) is 0 Å². The van der Waals surface area contributed by atoms with Crippen molar-refractivity contribution in [1.82, 2.24) is 0 Å². The molecule has 3 aromatic rings. The summed E-state index contributed by atoms with van der Waals surface area (Å²) in [6.07, 6.45) is 3.01. The van der Waals surface area contributed by atoms with Gasteiger partial charge < -0.3 is 10.2 Å². The van der Waals surface area contributed by atoms with Gasteiger partial charge in [0.05, 0.1) is 6.04 Å². The number of amides is 1. The summed E-state index contributed by atoms with van der Waals surface area (Å²) < 4.78 is 0. The summed E-state index contributed by atoms with van der Waals surface area (Å²) in [5, 5.41) is 4.34. The highest BCUT2D eigenvalue weighted by Crippen LogP contribution is 2.42. The first-order valence-electron chi connectivity index (χ1n) is 11.4. The highest BCUT2D eigenvalue weighted by Gasteiger charge is 2.34. The van der Waals surface area contributed by atoms with Gasteiger partial charge in [-0.05, 0) is 65.9 Å². The van der Waals surface area contributed by atoms with E-state index in [-0.39, 0.29) is 23.8 Å². The Labute approximate surface area is 205 Å². The molecule has 0 aliphatic carbocycles. The quantitative estimate of drug-likeness (QED) is 0.235. The lowest BCUT2D eigenvalue weighted by atomic mass is 9.87. The molecule has 0 aromatic heterocycles. The average molecular weight is 471 g/mol. The van der Waals surface area contributed by atoms with Crippen molar-refractivity contribution in [3.05, 3.63) is 101 Å². The summed E-state index contributed by atoms with van der Waals surface area (Å²) in [5.41, 5.74) is 8.13. The molecule has 0 spiro atoms. The first-order chi connectivity index (χ1) is 16.4. The second kappa shape index (κ2) is 10.1. The van der Waals surface area contributed by atoms with Crippen molar-refractivity contribution >= 4 is 34.7 Å². The van der Waals surface area contributed by atoms with E-state index in [9.17, 15) is 9.59 Å². The molecule has 34 heavy (non-hydrogen) atoms. The fourth-order valence-corrected chi connectivity index (χ4v) is 4.72. The Morgan fingerprint density at radius 3 is 2.38 bits per heavy atom. The molecule has 0 radical (unpaired) electrons. The normalized spacial score (nSPS) is 16.9. The Morgan fingerprint density at radius 2 is 1.76 bits per heavy atom. The predicted molar refractivity (Wildman–Crippen MR) is 140 cm³/mol. The van der Waals surface area contributed by atoms with E-state index in [2.05, 4.69) is 30.6 Å². The Bertz CT molecular complexity index is 1260. The number of anilines is 2. The van der Waals surface area contributed by atoms with Crippen LogP contribution in [0.15, 0.2) is 85.1 Å². The number of hydrogen-bond donors (Lipinski definition) is 1. The molecule has 0 bridgehead atoms. The Balaban J connectivity index is 1.74. The van der Waals surface area contributed by atoms with Gasteiger partial charge in [-0.3, -0.25) is 9.59 Å². The van der Waals surface area contributed by atoms with Gasteiger partial charge in [0.25, 0.3) is 0 Å². The van der Waals surface area contributed by atoms with Gasteiger partial charge in [0.1, 0.15) is 0 Å². The number of carbonyl (C=O) groups is 2. The maximum atomic E-state index is 12.6. The number of carbonyl (C=O) groups excluding carboxylic acids is 2. The summed E-state index contributed by atoms with van der Waals surface area (Å²) >= 11 is 6.07. The first-order valence-corrected chi connectivity index (χ1v) is 11.8. The number of benzene rings is 3.